The zero-order valence-corrected chi connectivity index (χ0v) is 28.8. The first kappa shape index (κ1) is 38.2. The molecule has 228 valence electrons. The maximum atomic E-state index is 4.20. The highest BCUT2D eigenvalue weighted by Gasteiger charge is 2.13. The van der Waals surface area contributed by atoms with Crippen LogP contribution in [0.25, 0.3) is 11.1 Å². The molecule has 0 heterocycles. The van der Waals surface area contributed by atoms with Gasteiger partial charge >= 0.3 is 0 Å². The van der Waals surface area contributed by atoms with E-state index in [9.17, 15) is 0 Å². The molecule has 41 heavy (non-hydrogen) atoms. The lowest BCUT2D eigenvalue weighted by molar-refractivity contribution is 0.385. The van der Waals surface area contributed by atoms with Crippen molar-refractivity contribution in [1.82, 2.24) is 0 Å². The predicted molar refractivity (Wildman–Crippen MR) is 191 cm³/mol. The smallest absolute Gasteiger partial charge is 0.0484 e. The van der Waals surface area contributed by atoms with Gasteiger partial charge in [0.15, 0.2) is 0 Å². The maximum absolute atomic E-state index is 4.20. The van der Waals surface area contributed by atoms with Crippen LogP contribution in [0.2, 0.25) is 0 Å². The number of aryl methyl sites for hydroxylation is 2. The van der Waals surface area contributed by atoms with E-state index in [1.807, 2.05) is 6.92 Å². The van der Waals surface area contributed by atoms with Gasteiger partial charge in [-0.2, -0.15) is 0 Å². The molecule has 0 atom stereocenters. The van der Waals surface area contributed by atoms with Gasteiger partial charge in [-0.05, 0) is 87.3 Å². The molecule has 2 aromatic rings. The normalized spacial score (nSPS) is 13.4. The third kappa shape index (κ3) is 14.6. The van der Waals surface area contributed by atoms with Gasteiger partial charge in [0, 0.05) is 24.0 Å². The molecule has 0 aromatic heterocycles. The number of hydrogen-bond donors (Lipinski definition) is 0. The second-order valence-electron chi connectivity index (χ2n) is 11.5. The van der Waals surface area contributed by atoms with Crippen molar-refractivity contribution in [2.45, 2.75) is 121 Å². The zero-order chi connectivity index (χ0) is 31.4. The number of para-hydroxylation sites is 1. The van der Waals surface area contributed by atoms with Crippen LogP contribution in [0.15, 0.2) is 79.0 Å². The van der Waals surface area contributed by atoms with E-state index in [1.165, 1.54) is 83.3 Å². The topological polar surface area (TPSA) is 3.24 Å². The molecular formula is C40H63N. The van der Waals surface area contributed by atoms with Gasteiger partial charge in [-0.3, -0.25) is 0 Å². The average molecular weight is 558 g/mol. The third-order valence-electron chi connectivity index (χ3n) is 7.56. The lowest BCUT2D eigenvalue weighted by Crippen LogP contribution is -2.18. The van der Waals surface area contributed by atoms with Crippen LogP contribution >= 0.6 is 0 Å². The molecule has 2 aromatic carbocycles. The van der Waals surface area contributed by atoms with Crippen LogP contribution in [0, 0.1) is 19.8 Å². The molecule has 0 unspecified atom stereocenters. The Labute approximate surface area is 256 Å². The molecule has 1 saturated carbocycles. The number of likely N-dealkylation sites (N-methyl/N-ethyl adjacent to an activating group) is 1. The molecule has 0 bridgehead atoms. The monoisotopic (exact) mass is 557 g/mol. The van der Waals surface area contributed by atoms with Crippen molar-refractivity contribution in [2.75, 3.05) is 11.9 Å². The molecule has 1 aliphatic carbocycles. The SMILES string of the molecule is C=C(C)c1ccc(C)c(C)c1.C=C(CC)c1ccccc1N(C)C(=C/CC)/C(C)=C\C.CC1CCCCC1.CCC. The molecule has 0 spiro atoms. The standard InChI is InChI=1S/C19H27N.C11H14.C7H14.C3H8/c1-7-12-18(16(5)9-3)20(6)19-14-11-10-13-17(19)15(4)8-2;1-8(2)11-6-5-9(3)10(4)7-11;1-7-5-3-2-4-6-7;1-3-2/h9-14H,4,7-8H2,1-3,5-6H3;5-7H,1H2,2-4H3;7H,2-6H2,1H3;3H2,1-2H3/b16-9-,18-12+;;;. The van der Waals surface area contributed by atoms with Gasteiger partial charge in [-0.1, -0.05) is 140 Å². The van der Waals surface area contributed by atoms with Crippen LogP contribution in [0.3, 0.4) is 0 Å². The van der Waals surface area contributed by atoms with Gasteiger partial charge in [0.05, 0.1) is 0 Å². The Kier molecular flexibility index (Phi) is 20.4. The number of anilines is 1. The van der Waals surface area contributed by atoms with Crippen LogP contribution in [-0.4, -0.2) is 7.05 Å². The quantitative estimate of drug-likeness (QED) is 0.306. The summed E-state index contributed by atoms with van der Waals surface area (Å²) in [7, 11) is 2.14. The summed E-state index contributed by atoms with van der Waals surface area (Å²) in [6, 6.07) is 14.9. The second-order valence-corrected chi connectivity index (χ2v) is 11.5. The molecule has 0 aliphatic heterocycles. The second kappa shape index (κ2) is 21.9. The van der Waals surface area contributed by atoms with Gasteiger partial charge in [0.1, 0.15) is 0 Å². The van der Waals surface area contributed by atoms with E-state index in [1.54, 1.807) is 0 Å². The highest BCUT2D eigenvalue weighted by molar-refractivity contribution is 5.77. The summed E-state index contributed by atoms with van der Waals surface area (Å²) in [5.41, 5.74) is 11.3. The summed E-state index contributed by atoms with van der Waals surface area (Å²) in [6.45, 7) is 29.6. The molecule has 1 heteroatoms. The summed E-state index contributed by atoms with van der Waals surface area (Å²) in [5, 5.41) is 0. The van der Waals surface area contributed by atoms with Crippen molar-refractivity contribution in [1.29, 1.82) is 0 Å². The van der Waals surface area contributed by atoms with Gasteiger partial charge in [0.25, 0.3) is 0 Å². The molecule has 1 fully saturated rings. The Morgan fingerprint density at radius 2 is 1.49 bits per heavy atom. The van der Waals surface area contributed by atoms with Crippen LogP contribution in [0.4, 0.5) is 5.69 Å². The average Bonchev–Trinajstić information content (AvgIpc) is 2.97. The van der Waals surface area contributed by atoms with E-state index in [4.69, 9.17) is 0 Å². The minimum Gasteiger partial charge on any atom is -0.344 e. The van der Waals surface area contributed by atoms with Crippen LogP contribution in [0.1, 0.15) is 129 Å². The molecule has 0 radical (unpaired) electrons. The van der Waals surface area contributed by atoms with Crippen molar-refractivity contribution in [3.8, 4) is 0 Å². The summed E-state index contributed by atoms with van der Waals surface area (Å²) in [5.74, 6) is 1.04. The van der Waals surface area contributed by atoms with Gasteiger partial charge in [-0.25, -0.2) is 0 Å². The molecule has 0 N–H and O–H groups in total. The first-order valence-electron chi connectivity index (χ1n) is 16.1. The summed E-state index contributed by atoms with van der Waals surface area (Å²) in [6.07, 6.45) is 15.1. The minimum atomic E-state index is 0.972. The Hall–Kier alpha value is -2.80. The predicted octanol–water partition coefficient (Wildman–Crippen LogP) is 13.1. The number of hydrogen-bond acceptors (Lipinski definition) is 1. The number of benzene rings is 2. The molecule has 3 rings (SSSR count). The summed E-state index contributed by atoms with van der Waals surface area (Å²) >= 11 is 0. The Bertz CT molecular complexity index is 1090. The highest BCUT2D eigenvalue weighted by Crippen LogP contribution is 2.31. The number of nitrogens with zero attached hydrogens (tertiary/aromatic N) is 1. The van der Waals surface area contributed by atoms with Crippen LogP contribution in [0.5, 0.6) is 0 Å². The Morgan fingerprint density at radius 3 is 1.93 bits per heavy atom. The number of rotatable bonds is 7. The summed E-state index contributed by atoms with van der Waals surface area (Å²) in [4.78, 5) is 2.27. The van der Waals surface area contributed by atoms with Crippen molar-refractivity contribution < 1.29 is 0 Å². The van der Waals surface area contributed by atoms with Crippen LogP contribution < -0.4 is 4.90 Å². The van der Waals surface area contributed by atoms with Gasteiger partial charge in [0.2, 0.25) is 0 Å². The number of allylic oxidation sites excluding steroid dienone is 5. The lowest BCUT2D eigenvalue weighted by atomic mass is 9.91. The van der Waals surface area contributed by atoms with Crippen LogP contribution in [-0.2, 0) is 0 Å². The molecule has 1 nitrogen and oxygen atoms in total. The van der Waals surface area contributed by atoms with Gasteiger partial charge < -0.3 is 4.90 Å². The molecular weight excluding hydrogens is 494 g/mol. The largest absolute Gasteiger partial charge is 0.344 e. The zero-order valence-electron chi connectivity index (χ0n) is 28.8. The van der Waals surface area contributed by atoms with E-state index in [0.29, 0.717) is 0 Å². The Morgan fingerprint density at radius 1 is 0.902 bits per heavy atom. The first-order chi connectivity index (χ1) is 19.5. The first-order valence-corrected chi connectivity index (χ1v) is 16.1. The van der Waals surface area contributed by atoms with E-state index in [0.717, 1.165) is 24.3 Å². The molecule has 0 saturated heterocycles. The van der Waals surface area contributed by atoms with Crippen molar-refractivity contribution in [3.63, 3.8) is 0 Å². The fourth-order valence-corrected chi connectivity index (χ4v) is 4.60. The molecule has 0 amide bonds. The van der Waals surface area contributed by atoms with E-state index in [2.05, 4.69) is 142 Å². The maximum Gasteiger partial charge on any atom is 0.0484 e. The van der Waals surface area contributed by atoms with Gasteiger partial charge in [-0.15, -0.1) is 0 Å². The van der Waals surface area contributed by atoms with Crippen molar-refractivity contribution in [2.24, 2.45) is 5.92 Å². The van der Waals surface area contributed by atoms with Crippen molar-refractivity contribution in [3.05, 3.63) is 101 Å². The van der Waals surface area contributed by atoms with Crippen molar-refractivity contribution >= 4 is 16.8 Å². The van der Waals surface area contributed by atoms with E-state index < -0.39 is 0 Å². The van der Waals surface area contributed by atoms with E-state index >= 15 is 0 Å². The van der Waals surface area contributed by atoms with E-state index in [-0.39, 0.29) is 0 Å². The fourth-order valence-electron chi connectivity index (χ4n) is 4.60. The summed E-state index contributed by atoms with van der Waals surface area (Å²) < 4.78 is 0. The fraction of sp³-hybridized carbons (Fsp3) is 0.500. The Balaban J connectivity index is 0.000000631. The molecule has 1 aliphatic rings. The highest BCUT2D eigenvalue weighted by atomic mass is 15.1. The lowest BCUT2D eigenvalue weighted by Gasteiger charge is -2.26. The minimum absolute atomic E-state index is 0.972. The third-order valence-corrected chi connectivity index (χ3v) is 7.56.